The SMILES string of the molecule is Cc1c(-c2nc3cc(CN4CCC(C(=O)O)C4)cc(Cl)c3o2)cccc1-c1cccc(N2CCC(NCC3(CO)CCC3)CC2)c1Cl. The van der Waals surface area contributed by atoms with Gasteiger partial charge in [0.1, 0.15) is 5.52 Å². The zero-order valence-electron chi connectivity index (χ0n) is 26.8. The van der Waals surface area contributed by atoms with E-state index in [1.807, 2.05) is 24.3 Å². The quantitative estimate of drug-likeness (QED) is 0.160. The van der Waals surface area contributed by atoms with Crippen molar-refractivity contribution in [3.8, 4) is 22.6 Å². The van der Waals surface area contributed by atoms with Crippen molar-refractivity contribution < 1.29 is 19.4 Å². The summed E-state index contributed by atoms with van der Waals surface area (Å²) in [5, 5.41) is 24.2. The minimum atomic E-state index is -0.738. The number of fused-ring (bicyclic) bond motifs is 1. The second kappa shape index (κ2) is 13.4. The van der Waals surface area contributed by atoms with E-state index < -0.39 is 5.97 Å². The van der Waals surface area contributed by atoms with E-state index in [9.17, 15) is 15.0 Å². The number of aliphatic hydroxyl groups excluding tert-OH is 1. The Labute approximate surface area is 285 Å². The van der Waals surface area contributed by atoms with E-state index in [2.05, 4.69) is 46.3 Å². The number of piperidine rings is 1. The predicted octanol–water partition coefficient (Wildman–Crippen LogP) is 7.40. The van der Waals surface area contributed by atoms with Crippen molar-refractivity contribution >= 4 is 46.0 Å². The average molecular weight is 678 g/mol. The van der Waals surface area contributed by atoms with Crippen LogP contribution in [0.3, 0.4) is 0 Å². The Balaban J connectivity index is 1.08. The number of nitrogens with one attached hydrogen (secondary N) is 1. The van der Waals surface area contributed by atoms with Crippen LogP contribution in [-0.4, -0.2) is 71.4 Å². The summed E-state index contributed by atoms with van der Waals surface area (Å²) in [7, 11) is 0. The number of benzene rings is 3. The van der Waals surface area contributed by atoms with E-state index in [0.29, 0.717) is 47.6 Å². The highest BCUT2D eigenvalue weighted by atomic mass is 35.5. The second-order valence-corrected chi connectivity index (χ2v) is 14.6. The van der Waals surface area contributed by atoms with Gasteiger partial charge in [-0.1, -0.05) is 53.9 Å². The largest absolute Gasteiger partial charge is 0.481 e. The number of carbonyl (C=O) groups is 1. The van der Waals surface area contributed by atoms with Crippen molar-refractivity contribution in [2.75, 3.05) is 44.2 Å². The Bertz CT molecular complexity index is 1770. The molecule has 1 saturated carbocycles. The number of aliphatic carboxylic acids is 1. The Morgan fingerprint density at radius 2 is 1.79 bits per heavy atom. The molecule has 1 atom stereocenters. The third kappa shape index (κ3) is 6.51. The highest BCUT2D eigenvalue weighted by molar-refractivity contribution is 6.36. The number of carboxylic acids is 1. The first-order valence-electron chi connectivity index (χ1n) is 16.8. The molecule has 0 radical (unpaired) electrons. The molecule has 0 bridgehead atoms. The van der Waals surface area contributed by atoms with Crippen molar-refractivity contribution in [1.29, 1.82) is 0 Å². The minimum absolute atomic E-state index is 0.0940. The molecule has 10 heteroatoms. The van der Waals surface area contributed by atoms with Crippen molar-refractivity contribution in [2.24, 2.45) is 11.3 Å². The first-order chi connectivity index (χ1) is 22.7. The summed E-state index contributed by atoms with van der Waals surface area (Å²) in [6.07, 6.45) is 6.20. The number of nitrogens with zero attached hydrogens (tertiary/aromatic N) is 3. The summed E-state index contributed by atoms with van der Waals surface area (Å²) in [6.45, 7) is 7.00. The molecule has 3 aromatic carbocycles. The molecule has 1 aromatic heterocycles. The Morgan fingerprint density at radius 3 is 2.49 bits per heavy atom. The number of anilines is 1. The van der Waals surface area contributed by atoms with Gasteiger partial charge in [-0.25, -0.2) is 4.98 Å². The molecule has 7 rings (SSSR count). The van der Waals surface area contributed by atoms with Gasteiger partial charge in [-0.3, -0.25) is 9.69 Å². The molecule has 248 valence electrons. The smallest absolute Gasteiger partial charge is 0.307 e. The molecular weight excluding hydrogens is 635 g/mol. The lowest BCUT2D eigenvalue weighted by atomic mass is 9.69. The number of halogens is 2. The van der Waals surface area contributed by atoms with Crippen LogP contribution in [0.4, 0.5) is 5.69 Å². The van der Waals surface area contributed by atoms with Crippen LogP contribution in [0.2, 0.25) is 10.0 Å². The van der Waals surface area contributed by atoms with Gasteiger partial charge < -0.3 is 24.8 Å². The average Bonchev–Trinajstić information content (AvgIpc) is 3.70. The monoisotopic (exact) mass is 676 g/mol. The van der Waals surface area contributed by atoms with Gasteiger partial charge in [0, 0.05) is 61.9 Å². The summed E-state index contributed by atoms with van der Waals surface area (Å²) in [5.74, 6) is -0.566. The van der Waals surface area contributed by atoms with E-state index in [1.54, 1.807) is 0 Å². The third-order valence-corrected chi connectivity index (χ3v) is 11.4. The van der Waals surface area contributed by atoms with Crippen molar-refractivity contribution in [3.05, 3.63) is 69.7 Å². The molecule has 3 N–H and O–H groups in total. The van der Waals surface area contributed by atoms with E-state index in [1.165, 1.54) is 6.42 Å². The zero-order chi connectivity index (χ0) is 32.7. The van der Waals surface area contributed by atoms with Crippen LogP contribution < -0.4 is 10.2 Å². The Morgan fingerprint density at radius 1 is 1.04 bits per heavy atom. The number of oxazole rings is 1. The lowest BCUT2D eigenvalue weighted by Gasteiger charge is -2.42. The fraction of sp³-hybridized carbons (Fsp3) is 0.459. The number of hydrogen-bond acceptors (Lipinski definition) is 7. The van der Waals surface area contributed by atoms with Gasteiger partial charge in [0.15, 0.2) is 5.58 Å². The minimum Gasteiger partial charge on any atom is -0.481 e. The number of carboxylic acid groups (broad SMARTS) is 1. The normalized spacial score (nSPS) is 20.2. The highest BCUT2D eigenvalue weighted by Crippen LogP contribution is 2.42. The number of likely N-dealkylation sites (tertiary alicyclic amines) is 1. The molecule has 0 amide bonds. The summed E-state index contributed by atoms with van der Waals surface area (Å²) in [6, 6.07) is 16.7. The molecule has 4 aromatic rings. The summed E-state index contributed by atoms with van der Waals surface area (Å²) in [5.41, 5.74) is 7.23. The number of aliphatic hydroxyl groups is 1. The molecule has 47 heavy (non-hydrogen) atoms. The highest BCUT2D eigenvalue weighted by Gasteiger charge is 2.37. The van der Waals surface area contributed by atoms with Gasteiger partial charge in [-0.05, 0) is 86.5 Å². The van der Waals surface area contributed by atoms with Crippen LogP contribution >= 0.6 is 23.2 Å². The second-order valence-electron chi connectivity index (χ2n) is 13.8. The molecular formula is C37H42Cl2N4O4. The van der Waals surface area contributed by atoms with E-state index in [4.69, 9.17) is 32.6 Å². The number of hydrogen-bond donors (Lipinski definition) is 3. The Hall–Kier alpha value is -3.14. The fourth-order valence-corrected chi connectivity index (χ4v) is 8.20. The summed E-state index contributed by atoms with van der Waals surface area (Å²) >= 11 is 13.9. The first kappa shape index (κ1) is 32.4. The van der Waals surface area contributed by atoms with Crippen LogP contribution in [0.1, 0.15) is 49.7 Å². The maximum absolute atomic E-state index is 11.4. The van der Waals surface area contributed by atoms with Crippen molar-refractivity contribution in [3.63, 3.8) is 0 Å². The van der Waals surface area contributed by atoms with Gasteiger partial charge in [0.05, 0.1) is 21.7 Å². The zero-order valence-corrected chi connectivity index (χ0v) is 28.3. The van der Waals surface area contributed by atoms with Gasteiger partial charge >= 0.3 is 5.97 Å². The van der Waals surface area contributed by atoms with Crippen LogP contribution in [-0.2, 0) is 11.3 Å². The Kier molecular flexibility index (Phi) is 9.24. The summed E-state index contributed by atoms with van der Waals surface area (Å²) in [4.78, 5) is 20.8. The topological polar surface area (TPSA) is 102 Å². The lowest BCUT2D eigenvalue weighted by Crippen LogP contribution is -2.49. The molecule has 3 heterocycles. The number of aromatic nitrogens is 1. The van der Waals surface area contributed by atoms with Crippen LogP contribution in [0.25, 0.3) is 33.7 Å². The first-order valence-corrected chi connectivity index (χ1v) is 17.5. The molecule has 2 saturated heterocycles. The number of rotatable bonds is 10. The van der Waals surface area contributed by atoms with Crippen LogP contribution in [0.15, 0.2) is 52.9 Å². The standard InChI is InChI=1S/C37H42Cl2N4O4/c1-23-27(29-7-3-8-32(33(29)39)43-15-10-26(11-16-43)40-21-37(22-44)12-4-13-37)5-2-6-28(23)35-41-31-18-24(17-30(38)34(31)47-35)19-42-14-9-25(20-42)36(45)46/h2-3,5-8,17-18,25-26,40,44H,4,9-16,19-22H2,1H3,(H,45,46). The molecule has 3 fully saturated rings. The molecule has 2 aliphatic heterocycles. The maximum atomic E-state index is 11.4. The summed E-state index contributed by atoms with van der Waals surface area (Å²) < 4.78 is 6.25. The van der Waals surface area contributed by atoms with Gasteiger partial charge in [0.2, 0.25) is 5.89 Å². The van der Waals surface area contributed by atoms with E-state index in [-0.39, 0.29) is 17.9 Å². The molecule has 8 nitrogen and oxygen atoms in total. The van der Waals surface area contributed by atoms with Crippen LogP contribution in [0.5, 0.6) is 0 Å². The van der Waals surface area contributed by atoms with Crippen LogP contribution in [0, 0.1) is 18.3 Å². The van der Waals surface area contributed by atoms with Gasteiger partial charge in [0.25, 0.3) is 0 Å². The molecule has 1 aliphatic carbocycles. The molecule has 3 aliphatic rings. The van der Waals surface area contributed by atoms with Crippen molar-refractivity contribution in [1.82, 2.24) is 15.2 Å². The predicted molar refractivity (Wildman–Crippen MR) is 187 cm³/mol. The van der Waals surface area contributed by atoms with Crippen molar-refractivity contribution in [2.45, 2.75) is 58.0 Å². The van der Waals surface area contributed by atoms with E-state index in [0.717, 1.165) is 90.4 Å². The molecule has 1 unspecified atom stereocenters. The van der Waals surface area contributed by atoms with Gasteiger partial charge in [-0.15, -0.1) is 0 Å². The maximum Gasteiger partial charge on any atom is 0.307 e. The fourth-order valence-electron chi connectivity index (χ4n) is 7.57. The lowest BCUT2D eigenvalue weighted by molar-refractivity contribution is -0.141. The molecule has 0 spiro atoms. The van der Waals surface area contributed by atoms with Gasteiger partial charge in [-0.2, -0.15) is 0 Å². The van der Waals surface area contributed by atoms with E-state index >= 15 is 0 Å². The third-order valence-electron chi connectivity index (χ3n) is 10.7.